The lowest BCUT2D eigenvalue weighted by Gasteiger charge is -2.38. The maximum Gasteiger partial charge on any atom is 0.251 e. The molecule has 1 atom stereocenters. The molecule has 3 fully saturated rings. The van der Waals surface area contributed by atoms with Gasteiger partial charge in [-0.1, -0.05) is 6.07 Å². The number of nitrogens with zero attached hydrogens (tertiary/aromatic N) is 2. The molecule has 6 nitrogen and oxygen atoms in total. The van der Waals surface area contributed by atoms with Crippen molar-refractivity contribution in [3.05, 3.63) is 34.9 Å². The van der Waals surface area contributed by atoms with Gasteiger partial charge in [0, 0.05) is 31.7 Å². The Morgan fingerprint density at radius 1 is 1.07 bits per heavy atom. The fraction of sp³-hybridized carbons (Fsp3) is 0.667. The van der Waals surface area contributed by atoms with Crippen molar-refractivity contribution in [1.29, 1.82) is 0 Å². The van der Waals surface area contributed by atoms with Crippen LogP contribution in [0.25, 0.3) is 0 Å². The van der Waals surface area contributed by atoms with Crippen LogP contribution in [0, 0.1) is 25.7 Å². The third-order valence-corrected chi connectivity index (χ3v) is 6.88. The zero-order chi connectivity index (χ0) is 21.1. The van der Waals surface area contributed by atoms with Crippen molar-refractivity contribution in [3.8, 4) is 0 Å². The Balaban J connectivity index is 1.22. The lowest BCUT2D eigenvalue weighted by atomic mass is 9.95. The first-order chi connectivity index (χ1) is 14.5. The van der Waals surface area contributed by atoms with E-state index >= 15 is 0 Å². The summed E-state index contributed by atoms with van der Waals surface area (Å²) < 4.78 is 5.69. The van der Waals surface area contributed by atoms with E-state index in [9.17, 15) is 9.59 Å². The smallest absolute Gasteiger partial charge is 0.251 e. The predicted octanol–water partition coefficient (Wildman–Crippen LogP) is 2.38. The Kier molecular flexibility index (Phi) is 6.74. The molecule has 1 aromatic carbocycles. The topological polar surface area (TPSA) is 61.9 Å². The van der Waals surface area contributed by atoms with Gasteiger partial charge < -0.3 is 19.9 Å². The first-order valence-corrected chi connectivity index (χ1v) is 11.4. The summed E-state index contributed by atoms with van der Waals surface area (Å²) in [6.07, 6.45) is 5.01. The van der Waals surface area contributed by atoms with Crippen LogP contribution in [-0.4, -0.2) is 73.6 Å². The number of aryl methyl sites for hydroxylation is 2. The summed E-state index contributed by atoms with van der Waals surface area (Å²) in [5, 5.41) is 2.98. The molecule has 0 aromatic heterocycles. The molecule has 1 saturated carbocycles. The molecular formula is C24H35N3O3. The van der Waals surface area contributed by atoms with Crippen LogP contribution in [0.1, 0.15) is 47.2 Å². The Morgan fingerprint density at radius 3 is 2.50 bits per heavy atom. The first kappa shape index (κ1) is 21.3. The lowest BCUT2D eigenvalue weighted by molar-refractivity contribution is -0.149. The second-order valence-electron chi connectivity index (χ2n) is 9.43. The molecule has 1 unspecified atom stereocenters. The number of morpholine rings is 1. The van der Waals surface area contributed by atoms with Crippen molar-refractivity contribution in [2.45, 2.75) is 45.6 Å². The number of rotatable bonds is 7. The molecule has 2 aliphatic heterocycles. The maximum absolute atomic E-state index is 12.5. The van der Waals surface area contributed by atoms with E-state index in [2.05, 4.69) is 10.2 Å². The summed E-state index contributed by atoms with van der Waals surface area (Å²) in [5.41, 5.74) is 2.95. The molecule has 164 valence electrons. The fourth-order valence-corrected chi connectivity index (χ4v) is 4.50. The summed E-state index contributed by atoms with van der Waals surface area (Å²) in [7, 11) is 0. The number of benzene rings is 1. The number of piperidine rings is 1. The van der Waals surface area contributed by atoms with Crippen molar-refractivity contribution in [3.63, 3.8) is 0 Å². The summed E-state index contributed by atoms with van der Waals surface area (Å²) in [4.78, 5) is 29.4. The lowest BCUT2D eigenvalue weighted by Crippen LogP contribution is -2.52. The number of carbonyl (C=O) groups excluding carboxylic acids is 2. The highest BCUT2D eigenvalue weighted by Crippen LogP contribution is 2.31. The van der Waals surface area contributed by atoms with E-state index in [1.807, 2.05) is 36.9 Å². The Bertz CT molecular complexity index is 769. The van der Waals surface area contributed by atoms with E-state index in [0.717, 1.165) is 31.1 Å². The Labute approximate surface area is 179 Å². The summed E-state index contributed by atoms with van der Waals surface area (Å²) in [6, 6.07) is 5.74. The highest BCUT2D eigenvalue weighted by atomic mass is 16.5. The van der Waals surface area contributed by atoms with Gasteiger partial charge in [-0.2, -0.15) is 0 Å². The minimum atomic E-state index is -0.145. The first-order valence-electron chi connectivity index (χ1n) is 11.4. The van der Waals surface area contributed by atoms with Crippen LogP contribution in [0.5, 0.6) is 0 Å². The van der Waals surface area contributed by atoms with Crippen molar-refractivity contribution in [1.82, 2.24) is 15.1 Å². The van der Waals surface area contributed by atoms with Crippen molar-refractivity contribution in [2.75, 3.05) is 45.9 Å². The maximum atomic E-state index is 12.5. The highest BCUT2D eigenvalue weighted by Gasteiger charge is 2.31. The number of ether oxygens (including phenoxy) is 1. The number of amides is 2. The van der Waals surface area contributed by atoms with Crippen molar-refractivity contribution < 1.29 is 14.3 Å². The molecule has 1 N–H and O–H groups in total. The van der Waals surface area contributed by atoms with Gasteiger partial charge in [0.25, 0.3) is 5.91 Å². The molecule has 3 aliphatic rings. The fourth-order valence-electron chi connectivity index (χ4n) is 4.50. The molecule has 2 heterocycles. The van der Waals surface area contributed by atoms with Gasteiger partial charge in [-0.25, -0.2) is 0 Å². The summed E-state index contributed by atoms with van der Waals surface area (Å²) >= 11 is 0. The zero-order valence-corrected chi connectivity index (χ0v) is 18.4. The van der Waals surface area contributed by atoms with Crippen LogP contribution in [0.15, 0.2) is 18.2 Å². The van der Waals surface area contributed by atoms with Crippen LogP contribution in [0.4, 0.5) is 0 Å². The van der Waals surface area contributed by atoms with Gasteiger partial charge in [0.2, 0.25) is 5.91 Å². The molecular weight excluding hydrogens is 378 g/mol. The molecule has 30 heavy (non-hydrogen) atoms. The van der Waals surface area contributed by atoms with Crippen LogP contribution in [-0.2, 0) is 9.53 Å². The molecule has 1 aliphatic carbocycles. The molecule has 2 amide bonds. The second kappa shape index (κ2) is 9.48. The summed E-state index contributed by atoms with van der Waals surface area (Å²) in [5.74, 6) is 1.51. The minimum absolute atomic E-state index is 0.0761. The Hall–Kier alpha value is -1.92. The number of nitrogens with one attached hydrogen (secondary N) is 1. The molecule has 4 rings (SSSR count). The third kappa shape index (κ3) is 5.61. The number of likely N-dealkylation sites (tertiary alicyclic amines) is 1. The molecule has 0 spiro atoms. The molecule has 0 bridgehead atoms. The van der Waals surface area contributed by atoms with Gasteiger partial charge in [-0.05, 0) is 87.7 Å². The average Bonchev–Trinajstić information content (AvgIpc) is 3.56. The van der Waals surface area contributed by atoms with Gasteiger partial charge in [-0.15, -0.1) is 0 Å². The molecule has 2 saturated heterocycles. The third-order valence-electron chi connectivity index (χ3n) is 6.88. The molecule has 6 heteroatoms. The Morgan fingerprint density at radius 2 is 1.80 bits per heavy atom. The standard InChI is InChI=1S/C24H35N3O3/c1-17-3-6-21(11-18(17)2)24(29)25-12-22-15-27(23(28)16-30-22)14-20-7-9-26(10-8-20)13-19-4-5-19/h3,6,11,19-20,22H,4-5,7-10,12-16H2,1-2H3,(H,25,29). The predicted molar refractivity (Wildman–Crippen MR) is 116 cm³/mol. The second-order valence-corrected chi connectivity index (χ2v) is 9.43. The van der Waals surface area contributed by atoms with E-state index in [-0.39, 0.29) is 24.5 Å². The van der Waals surface area contributed by atoms with Gasteiger partial charge in [-0.3, -0.25) is 9.59 Å². The normalized spacial score (nSPS) is 23.6. The SMILES string of the molecule is Cc1ccc(C(=O)NCC2CN(CC3CCN(CC4CC4)CC3)C(=O)CO2)cc1C. The van der Waals surface area contributed by atoms with Crippen LogP contribution >= 0.6 is 0 Å². The van der Waals surface area contributed by atoms with Gasteiger partial charge in [0.05, 0.1) is 6.10 Å². The van der Waals surface area contributed by atoms with Crippen molar-refractivity contribution in [2.24, 2.45) is 11.8 Å². The van der Waals surface area contributed by atoms with Crippen LogP contribution in [0.3, 0.4) is 0 Å². The average molecular weight is 414 g/mol. The van der Waals surface area contributed by atoms with Gasteiger partial charge in [0.1, 0.15) is 6.61 Å². The monoisotopic (exact) mass is 413 g/mol. The van der Waals surface area contributed by atoms with Crippen LogP contribution in [0.2, 0.25) is 0 Å². The number of hydrogen-bond donors (Lipinski definition) is 1. The molecule has 1 aromatic rings. The largest absolute Gasteiger partial charge is 0.365 e. The summed E-state index contributed by atoms with van der Waals surface area (Å²) in [6.45, 7) is 9.57. The molecule has 0 radical (unpaired) electrons. The van der Waals surface area contributed by atoms with E-state index in [1.54, 1.807) is 0 Å². The van der Waals surface area contributed by atoms with E-state index < -0.39 is 0 Å². The minimum Gasteiger partial charge on any atom is -0.365 e. The van der Waals surface area contributed by atoms with E-state index in [4.69, 9.17) is 4.74 Å². The van der Waals surface area contributed by atoms with E-state index in [1.165, 1.54) is 37.8 Å². The van der Waals surface area contributed by atoms with Crippen LogP contribution < -0.4 is 5.32 Å². The quantitative estimate of drug-likeness (QED) is 0.746. The number of carbonyl (C=O) groups is 2. The van der Waals surface area contributed by atoms with E-state index in [0.29, 0.717) is 24.6 Å². The van der Waals surface area contributed by atoms with Crippen molar-refractivity contribution >= 4 is 11.8 Å². The van der Waals surface area contributed by atoms with Gasteiger partial charge >= 0.3 is 0 Å². The highest BCUT2D eigenvalue weighted by molar-refractivity contribution is 5.94. The number of hydrogen-bond acceptors (Lipinski definition) is 4. The zero-order valence-electron chi connectivity index (χ0n) is 18.4. The van der Waals surface area contributed by atoms with Gasteiger partial charge in [0.15, 0.2) is 0 Å².